The number of anilines is 1. The van der Waals surface area contributed by atoms with Gasteiger partial charge in [0.1, 0.15) is 11.5 Å². The molecule has 1 heterocycles. The van der Waals surface area contributed by atoms with Crippen LogP contribution in [-0.4, -0.2) is 16.7 Å². The lowest BCUT2D eigenvalue weighted by molar-refractivity contribution is -0.137. The number of imide groups is 1. The van der Waals surface area contributed by atoms with Gasteiger partial charge >= 0.3 is 0 Å². The molecule has 0 atom stereocenters. The smallest absolute Gasteiger partial charge is 0.278 e. The van der Waals surface area contributed by atoms with Crippen molar-refractivity contribution in [3.63, 3.8) is 0 Å². The van der Waals surface area contributed by atoms with Gasteiger partial charge in [-0.15, -0.1) is 0 Å². The molecule has 156 valence electrons. The average molecular weight is 455 g/mol. The van der Waals surface area contributed by atoms with E-state index in [4.69, 9.17) is 23.2 Å². The molecular weight excluding hydrogens is 438 g/mol. The third kappa shape index (κ3) is 4.20. The van der Waals surface area contributed by atoms with E-state index in [9.17, 15) is 14.0 Å². The van der Waals surface area contributed by atoms with Crippen LogP contribution in [0, 0.1) is 12.7 Å². The van der Waals surface area contributed by atoms with Crippen LogP contribution >= 0.6 is 23.2 Å². The fourth-order valence-corrected chi connectivity index (χ4v) is 3.67. The second-order valence-corrected chi connectivity index (χ2v) is 7.96. The lowest BCUT2D eigenvalue weighted by atomic mass is 10.0. The summed E-state index contributed by atoms with van der Waals surface area (Å²) in [5.74, 6) is -1.31. The van der Waals surface area contributed by atoms with Gasteiger partial charge in [0.25, 0.3) is 11.8 Å². The van der Waals surface area contributed by atoms with E-state index < -0.39 is 11.8 Å². The number of hydrogen-bond donors (Lipinski definition) is 1. The van der Waals surface area contributed by atoms with E-state index in [1.165, 1.54) is 12.1 Å². The molecule has 4 nitrogen and oxygen atoms in total. The van der Waals surface area contributed by atoms with E-state index in [0.717, 1.165) is 10.5 Å². The van der Waals surface area contributed by atoms with E-state index >= 15 is 0 Å². The number of nitrogens with one attached hydrogen (secondary N) is 1. The minimum atomic E-state index is -0.473. The topological polar surface area (TPSA) is 49.4 Å². The van der Waals surface area contributed by atoms with Gasteiger partial charge in [-0.05, 0) is 60.0 Å². The molecule has 3 aromatic carbocycles. The normalized spacial score (nSPS) is 13.9. The third-order valence-corrected chi connectivity index (χ3v) is 5.74. The predicted octanol–water partition coefficient (Wildman–Crippen LogP) is 5.83. The molecule has 2 amide bonds. The lowest BCUT2D eigenvalue weighted by Crippen LogP contribution is -2.32. The molecule has 1 aliphatic heterocycles. The van der Waals surface area contributed by atoms with Gasteiger partial charge in [-0.1, -0.05) is 53.5 Å². The molecule has 0 unspecified atom stereocenters. The van der Waals surface area contributed by atoms with Crippen molar-refractivity contribution in [2.24, 2.45) is 0 Å². The van der Waals surface area contributed by atoms with Crippen molar-refractivity contribution >= 4 is 46.3 Å². The highest BCUT2D eigenvalue weighted by Crippen LogP contribution is 2.33. The third-order valence-electron chi connectivity index (χ3n) is 5.08. The van der Waals surface area contributed by atoms with Gasteiger partial charge in [0.15, 0.2) is 0 Å². The van der Waals surface area contributed by atoms with Crippen molar-refractivity contribution < 1.29 is 14.0 Å². The Kier molecular flexibility index (Phi) is 5.81. The van der Waals surface area contributed by atoms with Crippen LogP contribution in [0.5, 0.6) is 0 Å². The van der Waals surface area contributed by atoms with Crippen LogP contribution < -0.4 is 5.32 Å². The Hall–Kier alpha value is -3.15. The summed E-state index contributed by atoms with van der Waals surface area (Å²) in [7, 11) is 0. The summed E-state index contributed by atoms with van der Waals surface area (Å²) >= 11 is 12.2. The van der Waals surface area contributed by atoms with Crippen molar-refractivity contribution in [1.82, 2.24) is 4.90 Å². The largest absolute Gasteiger partial charge is 0.350 e. The molecule has 31 heavy (non-hydrogen) atoms. The molecule has 0 saturated heterocycles. The lowest BCUT2D eigenvalue weighted by Gasteiger charge is -2.16. The second kappa shape index (κ2) is 8.53. The average Bonchev–Trinajstić information content (AvgIpc) is 2.98. The van der Waals surface area contributed by atoms with Gasteiger partial charge in [0.05, 0.1) is 12.1 Å². The first-order valence-electron chi connectivity index (χ1n) is 9.48. The Labute approximate surface area is 188 Å². The number of rotatable bonds is 5. The highest BCUT2D eigenvalue weighted by molar-refractivity contribution is 6.37. The fraction of sp³-hybridized carbons (Fsp3) is 0.0833. The standard InChI is InChI=1S/C24H17Cl2FN2O2/c1-14-19(26)3-2-4-20(14)28-22-21(16-7-9-17(25)10-8-16)23(30)29(24(22)31)13-15-5-11-18(27)12-6-15/h2-12,28H,13H2,1H3. The number of hydrogen-bond acceptors (Lipinski definition) is 3. The molecule has 7 heteroatoms. The van der Waals surface area contributed by atoms with Gasteiger partial charge in [-0.25, -0.2) is 4.39 Å². The number of carbonyl (C=O) groups excluding carboxylic acids is 2. The molecule has 0 fully saturated rings. The quantitative estimate of drug-likeness (QED) is 0.493. The highest BCUT2D eigenvalue weighted by Gasteiger charge is 2.39. The molecule has 1 aliphatic rings. The van der Waals surface area contributed by atoms with E-state index in [2.05, 4.69) is 5.32 Å². The molecule has 0 aliphatic carbocycles. The molecule has 4 rings (SSSR count). The zero-order valence-electron chi connectivity index (χ0n) is 16.5. The number of carbonyl (C=O) groups is 2. The van der Waals surface area contributed by atoms with Crippen molar-refractivity contribution in [3.8, 4) is 0 Å². The summed E-state index contributed by atoms with van der Waals surface area (Å²) in [6.45, 7) is 1.85. The molecule has 3 aromatic rings. The summed E-state index contributed by atoms with van der Waals surface area (Å²) in [6.07, 6.45) is 0. The van der Waals surface area contributed by atoms with Crippen molar-refractivity contribution in [2.75, 3.05) is 5.32 Å². The van der Waals surface area contributed by atoms with Crippen LogP contribution in [0.15, 0.2) is 72.4 Å². The van der Waals surface area contributed by atoms with Crippen LogP contribution in [0.3, 0.4) is 0 Å². The van der Waals surface area contributed by atoms with Gasteiger partial charge < -0.3 is 5.32 Å². The van der Waals surface area contributed by atoms with Gasteiger partial charge in [-0.2, -0.15) is 0 Å². The summed E-state index contributed by atoms with van der Waals surface area (Å²) < 4.78 is 13.3. The Morgan fingerprint density at radius 1 is 0.903 bits per heavy atom. The van der Waals surface area contributed by atoms with E-state index in [-0.39, 0.29) is 23.6 Å². The maximum absolute atomic E-state index is 13.3. The first-order valence-corrected chi connectivity index (χ1v) is 10.2. The monoisotopic (exact) mass is 454 g/mol. The summed E-state index contributed by atoms with van der Waals surface area (Å²) in [4.78, 5) is 27.7. The second-order valence-electron chi connectivity index (χ2n) is 7.12. The van der Waals surface area contributed by atoms with Crippen molar-refractivity contribution in [2.45, 2.75) is 13.5 Å². The van der Waals surface area contributed by atoms with E-state index in [1.54, 1.807) is 54.6 Å². The predicted molar refractivity (Wildman–Crippen MR) is 120 cm³/mol. The Morgan fingerprint density at radius 3 is 2.26 bits per heavy atom. The molecular formula is C24H17Cl2FN2O2. The maximum Gasteiger partial charge on any atom is 0.278 e. The number of benzene rings is 3. The Morgan fingerprint density at radius 2 is 1.58 bits per heavy atom. The number of halogens is 3. The maximum atomic E-state index is 13.3. The zero-order valence-corrected chi connectivity index (χ0v) is 18.0. The minimum Gasteiger partial charge on any atom is -0.350 e. The molecule has 0 bridgehead atoms. The number of nitrogens with zero attached hydrogens (tertiary/aromatic N) is 1. The Bertz CT molecular complexity index is 1210. The first kappa shape index (κ1) is 21.1. The van der Waals surface area contributed by atoms with Gasteiger partial charge in [0.2, 0.25) is 0 Å². The van der Waals surface area contributed by atoms with Crippen LogP contribution in [0.2, 0.25) is 10.0 Å². The van der Waals surface area contributed by atoms with Crippen LogP contribution in [0.1, 0.15) is 16.7 Å². The van der Waals surface area contributed by atoms with Gasteiger partial charge in [0, 0.05) is 15.7 Å². The summed E-state index contributed by atoms with van der Waals surface area (Å²) in [5, 5.41) is 4.17. The molecule has 1 N–H and O–H groups in total. The van der Waals surface area contributed by atoms with Crippen LogP contribution in [0.25, 0.3) is 5.57 Å². The zero-order chi connectivity index (χ0) is 22.1. The summed E-state index contributed by atoms with van der Waals surface area (Å²) in [5.41, 5.74) is 2.97. The fourth-order valence-electron chi connectivity index (χ4n) is 3.37. The van der Waals surface area contributed by atoms with Crippen LogP contribution in [-0.2, 0) is 16.1 Å². The molecule has 0 spiro atoms. The molecule has 0 saturated carbocycles. The first-order chi connectivity index (χ1) is 14.8. The van der Waals surface area contributed by atoms with Crippen molar-refractivity contribution in [1.29, 1.82) is 0 Å². The Balaban J connectivity index is 1.76. The van der Waals surface area contributed by atoms with E-state index in [1.807, 2.05) is 6.92 Å². The van der Waals surface area contributed by atoms with Gasteiger partial charge in [-0.3, -0.25) is 14.5 Å². The molecule has 0 aromatic heterocycles. The SMILES string of the molecule is Cc1c(Cl)cccc1NC1=C(c2ccc(Cl)cc2)C(=O)N(Cc2ccc(F)cc2)C1=O. The minimum absolute atomic E-state index is 0.0226. The highest BCUT2D eigenvalue weighted by atomic mass is 35.5. The van der Waals surface area contributed by atoms with Crippen LogP contribution in [0.4, 0.5) is 10.1 Å². The summed E-state index contributed by atoms with van der Waals surface area (Å²) in [6, 6.07) is 17.7. The van der Waals surface area contributed by atoms with E-state index in [0.29, 0.717) is 26.9 Å². The molecule has 0 radical (unpaired) electrons. The number of amides is 2. The van der Waals surface area contributed by atoms with Crippen molar-refractivity contribution in [3.05, 3.63) is 105 Å².